The van der Waals surface area contributed by atoms with Gasteiger partial charge in [0.1, 0.15) is 5.82 Å². The molecule has 0 saturated heterocycles. The topological polar surface area (TPSA) is 54.0 Å². The fourth-order valence-corrected chi connectivity index (χ4v) is 2.68. The highest BCUT2D eigenvalue weighted by atomic mass is 35.5. The van der Waals surface area contributed by atoms with Crippen molar-refractivity contribution in [2.24, 2.45) is 0 Å². The van der Waals surface area contributed by atoms with E-state index in [4.69, 9.17) is 11.6 Å². The molecular formula is C21H20ClN3O. The first-order chi connectivity index (χ1) is 12.5. The molecule has 0 aliphatic rings. The number of benzene rings is 2. The molecule has 2 aromatic carbocycles. The van der Waals surface area contributed by atoms with E-state index in [1.54, 1.807) is 6.20 Å². The molecule has 0 aliphatic carbocycles. The Morgan fingerprint density at radius 2 is 1.81 bits per heavy atom. The first-order valence-electron chi connectivity index (χ1n) is 8.34. The number of halogens is 1. The minimum atomic E-state index is -0.0675. The van der Waals surface area contributed by atoms with Crippen LogP contribution in [-0.4, -0.2) is 10.9 Å². The van der Waals surface area contributed by atoms with Gasteiger partial charge in [0.15, 0.2) is 0 Å². The number of carbonyl (C=O) groups is 1. The molecule has 4 nitrogen and oxygen atoms in total. The van der Waals surface area contributed by atoms with Gasteiger partial charge in [-0.15, -0.1) is 0 Å². The molecule has 132 valence electrons. The number of hydrogen-bond acceptors (Lipinski definition) is 3. The standard InChI is InChI=1S/C21H20ClN3O/c1-14-3-6-16(7-4-14)11-21(26)24-18-9-10-20(23-13-18)25-19-12-17(22)8-5-15(19)2/h3-10,12-13H,11H2,1-2H3,(H,23,25)(H,24,26). The lowest BCUT2D eigenvalue weighted by atomic mass is 10.1. The summed E-state index contributed by atoms with van der Waals surface area (Å²) in [7, 11) is 0. The summed E-state index contributed by atoms with van der Waals surface area (Å²) >= 11 is 6.03. The van der Waals surface area contributed by atoms with E-state index in [2.05, 4.69) is 15.6 Å². The summed E-state index contributed by atoms with van der Waals surface area (Å²) in [6.07, 6.45) is 1.97. The van der Waals surface area contributed by atoms with Crippen LogP contribution in [0.4, 0.5) is 17.2 Å². The van der Waals surface area contributed by atoms with E-state index >= 15 is 0 Å². The summed E-state index contributed by atoms with van der Waals surface area (Å²) < 4.78 is 0. The summed E-state index contributed by atoms with van der Waals surface area (Å²) in [5.41, 5.74) is 4.80. The number of amides is 1. The van der Waals surface area contributed by atoms with Crippen molar-refractivity contribution in [3.63, 3.8) is 0 Å². The van der Waals surface area contributed by atoms with Gasteiger partial charge in [0.2, 0.25) is 5.91 Å². The van der Waals surface area contributed by atoms with Crippen molar-refractivity contribution in [3.8, 4) is 0 Å². The lowest BCUT2D eigenvalue weighted by Gasteiger charge is -2.10. The van der Waals surface area contributed by atoms with Gasteiger partial charge in [-0.1, -0.05) is 47.5 Å². The number of aromatic nitrogens is 1. The maximum Gasteiger partial charge on any atom is 0.228 e. The zero-order valence-corrected chi connectivity index (χ0v) is 15.5. The van der Waals surface area contributed by atoms with E-state index in [9.17, 15) is 4.79 Å². The molecule has 0 spiro atoms. The van der Waals surface area contributed by atoms with Gasteiger partial charge in [-0.3, -0.25) is 4.79 Å². The van der Waals surface area contributed by atoms with E-state index in [1.807, 2.05) is 68.4 Å². The molecule has 1 aromatic heterocycles. The summed E-state index contributed by atoms with van der Waals surface area (Å²) in [5, 5.41) is 6.76. The van der Waals surface area contributed by atoms with Crippen molar-refractivity contribution in [2.45, 2.75) is 20.3 Å². The summed E-state index contributed by atoms with van der Waals surface area (Å²) in [4.78, 5) is 16.5. The number of anilines is 3. The minimum absolute atomic E-state index is 0.0675. The molecule has 0 radical (unpaired) electrons. The molecule has 0 unspecified atom stereocenters. The smallest absolute Gasteiger partial charge is 0.228 e. The first kappa shape index (κ1) is 18.0. The van der Waals surface area contributed by atoms with Gasteiger partial charge in [-0.2, -0.15) is 0 Å². The van der Waals surface area contributed by atoms with Gasteiger partial charge < -0.3 is 10.6 Å². The normalized spacial score (nSPS) is 10.4. The number of nitrogens with one attached hydrogen (secondary N) is 2. The number of carbonyl (C=O) groups excluding carboxylic acids is 1. The highest BCUT2D eigenvalue weighted by molar-refractivity contribution is 6.30. The molecule has 0 fully saturated rings. The van der Waals surface area contributed by atoms with Crippen LogP contribution in [-0.2, 0) is 11.2 Å². The fourth-order valence-electron chi connectivity index (χ4n) is 2.51. The third kappa shape index (κ3) is 4.83. The molecule has 3 rings (SSSR count). The lowest BCUT2D eigenvalue weighted by molar-refractivity contribution is -0.115. The SMILES string of the molecule is Cc1ccc(CC(=O)Nc2ccc(Nc3cc(Cl)ccc3C)nc2)cc1. The Bertz CT molecular complexity index is 906. The number of nitrogens with zero attached hydrogens (tertiary/aromatic N) is 1. The van der Waals surface area contributed by atoms with E-state index in [-0.39, 0.29) is 5.91 Å². The molecule has 0 bridgehead atoms. The molecule has 2 N–H and O–H groups in total. The van der Waals surface area contributed by atoms with Gasteiger partial charge >= 0.3 is 0 Å². The quantitative estimate of drug-likeness (QED) is 0.647. The van der Waals surface area contributed by atoms with Gasteiger partial charge in [0.05, 0.1) is 18.3 Å². The number of aryl methyl sites for hydroxylation is 2. The Hall–Kier alpha value is -2.85. The lowest BCUT2D eigenvalue weighted by Crippen LogP contribution is -2.14. The number of rotatable bonds is 5. The maximum atomic E-state index is 12.2. The highest BCUT2D eigenvalue weighted by Gasteiger charge is 2.06. The Labute approximate surface area is 158 Å². The second-order valence-corrected chi connectivity index (χ2v) is 6.66. The molecule has 0 saturated carbocycles. The van der Waals surface area contributed by atoms with Crippen molar-refractivity contribution >= 4 is 34.7 Å². The molecule has 3 aromatic rings. The van der Waals surface area contributed by atoms with Crippen LogP contribution < -0.4 is 10.6 Å². The second kappa shape index (κ2) is 8.02. The van der Waals surface area contributed by atoms with Crippen molar-refractivity contribution < 1.29 is 4.79 Å². The monoisotopic (exact) mass is 365 g/mol. The van der Waals surface area contributed by atoms with Gasteiger partial charge in [0, 0.05) is 10.7 Å². The molecule has 0 atom stereocenters. The Balaban J connectivity index is 1.61. The van der Waals surface area contributed by atoms with Crippen LogP contribution in [0.25, 0.3) is 0 Å². The van der Waals surface area contributed by atoms with Gasteiger partial charge in [-0.05, 0) is 49.2 Å². The number of pyridine rings is 1. The third-order valence-electron chi connectivity index (χ3n) is 3.99. The molecule has 1 amide bonds. The van der Waals surface area contributed by atoms with Crippen LogP contribution in [0.1, 0.15) is 16.7 Å². The molecule has 5 heteroatoms. The van der Waals surface area contributed by atoms with Crippen LogP contribution in [0, 0.1) is 13.8 Å². The van der Waals surface area contributed by atoms with Crippen molar-refractivity contribution in [2.75, 3.05) is 10.6 Å². The van der Waals surface area contributed by atoms with Gasteiger partial charge in [0.25, 0.3) is 0 Å². The van der Waals surface area contributed by atoms with E-state index < -0.39 is 0 Å². The van der Waals surface area contributed by atoms with Crippen molar-refractivity contribution in [1.82, 2.24) is 4.98 Å². The van der Waals surface area contributed by atoms with Crippen LogP contribution in [0.5, 0.6) is 0 Å². The Morgan fingerprint density at radius 1 is 1.04 bits per heavy atom. The number of hydrogen-bond donors (Lipinski definition) is 2. The maximum absolute atomic E-state index is 12.2. The van der Waals surface area contributed by atoms with E-state index in [0.29, 0.717) is 22.9 Å². The van der Waals surface area contributed by atoms with Crippen LogP contribution in [0.15, 0.2) is 60.8 Å². The second-order valence-electron chi connectivity index (χ2n) is 6.23. The van der Waals surface area contributed by atoms with E-state index in [0.717, 1.165) is 16.8 Å². The molecule has 0 aliphatic heterocycles. The predicted octanol–water partition coefficient (Wildman–Crippen LogP) is 5.28. The third-order valence-corrected chi connectivity index (χ3v) is 4.23. The van der Waals surface area contributed by atoms with Crippen LogP contribution in [0.2, 0.25) is 5.02 Å². The van der Waals surface area contributed by atoms with Crippen molar-refractivity contribution in [3.05, 3.63) is 82.5 Å². The summed E-state index contributed by atoms with van der Waals surface area (Å²) in [6, 6.07) is 17.2. The van der Waals surface area contributed by atoms with Gasteiger partial charge in [-0.25, -0.2) is 4.98 Å². The fraction of sp³-hybridized carbons (Fsp3) is 0.143. The van der Waals surface area contributed by atoms with Crippen LogP contribution >= 0.6 is 11.6 Å². The van der Waals surface area contributed by atoms with Crippen molar-refractivity contribution in [1.29, 1.82) is 0 Å². The largest absolute Gasteiger partial charge is 0.340 e. The molecule has 26 heavy (non-hydrogen) atoms. The average Bonchev–Trinajstić information content (AvgIpc) is 2.62. The zero-order valence-electron chi connectivity index (χ0n) is 14.7. The van der Waals surface area contributed by atoms with E-state index in [1.165, 1.54) is 5.56 Å². The zero-order chi connectivity index (χ0) is 18.5. The average molecular weight is 366 g/mol. The summed E-state index contributed by atoms with van der Waals surface area (Å²) in [6.45, 7) is 4.02. The Kier molecular flexibility index (Phi) is 5.54. The first-order valence-corrected chi connectivity index (χ1v) is 8.72. The molecule has 1 heterocycles. The van der Waals surface area contributed by atoms with Crippen LogP contribution in [0.3, 0.4) is 0 Å². The Morgan fingerprint density at radius 3 is 2.50 bits per heavy atom. The highest BCUT2D eigenvalue weighted by Crippen LogP contribution is 2.23. The predicted molar refractivity (Wildman–Crippen MR) is 107 cm³/mol. The summed E-state index contributed by atoms with van der Waals surface area (Å²) in [5.74, 6) is 0.619. The molecular weight excluding hydrogens is 346 g/mol. The minimum Gasteiger partial charge on any atom is -0.340 e.